The number of anilines is 1. The Labute approximate surface area is 95.7 Å². The van der Waals surface area contributed by atoms with Gasteiger partial charge in [-0.25, -0.2) is 13.8 Å². The van der Waals surface area contributed by atoms with Crippen molar-refractivity contribution >= 4 is 17.4 Å². The van der Waals surface area contributed by atoms with Crippen LogP contribution in [0.3, 0.4) is 0 Å². The minimum Gasteiger partial charge on any atom is -0.384 e. The highest BCUT2D eigenvalue weighted by atomic mass is 35.5. The molecular formula is C11H7ClF2N2. The third kappa shape index (κ3) is 2.12. The molecule has 0 atom stereocenters. The van der Waals surface area contributed by atoms with Crippen LogP contribution in [0.15, 0.2) is 30.3 Å². The van der Waals surface area contributed by atoms with Crippen molar-refractivity contribution < 1.29 is 8.78 Å². The third-order valence-electron chi connectivity index (χ3n) is 2.07. The number of nitrogens with zero attached hydrogens (tertiary/aromatic N) is 1. The number of nitrogen functional groups attached to an aromatic ring is 1. The van der Waals surface area contributed by atoms with Gasteiger partial charge < -0.3 is 5.73 Å². The lowest BCUT2D eigenvalue weighted by Crippen LogP contribution is -1.92. The highest BCUT2D eigenvalue weighted by Crippen LogP contribution is 2.25. The number of halogens is 3. The molecular weight excluding hydrogens is 234 g/mol. The summed E-state index contributed by atoms with van der Waals surface area (Å²) in [4.78, 5) is 3.78. The Morgan fingerprint density at radius 3 is 2.38 bits per heavy atom. The molecule has 2 rings (SSSR count). The molecule has 0 unspecified atom stereocenters. The Morgan fingerprint density at radius 2 is 1.75 bits per heavy atom. The van der Waals surface area contributed by atoms with Crippen molar-refractivity contribution in [2.45, 2.75) is 0 Å². The lowest BCUT2D eigenvalue weighted by molar-refractivity contribution is 0.509. The van der Waals surface area contributed by atoms with Crippen molar-refractivity contribution in [2.75, 3.05) is 5.73 Å². The Hall–Kier alpha value is -1.68. The van der Waals surface area contributed by atoms with Gasteiger partial charge in [0, 0.05) is 0 Å². The molecule has 1 heterocycles. The highest BCUT2D eigenvalue weighted by Gasteiger charge is 2.06. The van der Waals surface area contributed by atoms with E-state index in [9.17, 15) is 8.78 Å². The van der Waals surface area contributed by atoms with E-state index >= 15 is 0 Å². The van der Waals surface area contributed by atoms with Crippen LogP contribution in [0.5, 0.6) is 0 Å². The van der Waals surface area contributed by atoms with Crippen molar-refractivity contribution in [3.05, 3.63) is 47.1 Å². The average Bonchev–Trinajstić information content (AvgIpc) is 2.20. The molecule has 2 nitrogen and oxygen atoms in total. The van der Waals surface area contributed by atoms with Crippen molar-refractivity contribution in [1.82, 2.24) is 4.98 Å². The van der Waals surface area contributed by atoms with Crippen molar-refractivity contribution in [3.63, 3.8) is 0 Å². The van der Waals surface area contributed by atoms with E-state index in [1.807, 2.05) is 0 Å². The fraction of sp³-hybridized carbons (Fsp3) is 0. The van der Waals surface area contributed by atoms with Gasteiger partial charge in [-0.2, -0.15) is 0 Å². The van der Waals surface area contributed by atoms with Gasteiger partial charge in [-0.05, 0) is 35.4 Å². The van der Waals surface area contributed by atoms with Crippen LogP contribution >= 0.6 is 11.6 Å². The molecule has 2 aromatic rings. The predicted molar refractivity (Wildman–Crippen MR) is 59.0 cm³/mol. The molecule has 0 radical (unpaired) electrons. The van der Waals surface area contributed by atoms with Crippen LogP contribution in [0.25, 0.3) is 11.1 Å². The number of rotatable bonds is 1. The number of aromatic nitrogens is 1. The molecule has 82 valence electrons. The minimum absolute atomic E-state index is 0.208. The minimum atomic E-state index is -0.913. The Bertz CT molecular complexity index is 523. The van der Waals surface area contributed by atoms with Crippen LogP contribution in [0.1, 0.15) is 0 Å². The second kappa shape index (κ2) is 4.06. The monoisotopic (exact) mass is 240 g/mol. The summed E-state index contributed by atoms with van der Waals surface area (Å²) in [5, 5.41) is 0.208. The molecule has 1 aromatic heterocycles. The molecule has 0 aliphatic heterocycles. The van der Waals surface area contributed by atoms with Crippen LogP contribution in [-0.4, -0.2) is 4.98 Å². The molecule has 0 spiro atoms. The number of benzene rings is 1. The normalized spacial score (nSPS) is 10.4. The van der Waals surface area contributed by atoms with Crippen molar-refractivity contribution in [2.24, 2.45) is 0 Å². The van der Waals surface area contributed by atoms with Crippen LogP contribution in [0.2, 0.25) is 5.15 Å². The van der Waals surface area contributed by atoms with E-state index in [4.69, 9.17) is 17.3 Å². The summed E-state index contributed by atoms with van der Waals surface area (Å²) in [6.07, 6.45) is 0. The molecule has 2 N–H and O–H groups in total. The summed E-state index contributed by atoms with van der Waals surface area (Å²) in [7, 11) is 0. The topological polar surface area (TPSA) is 38.9 Å². The van der Waals surface area contributed by atoms with E-state index in [-0.39, 0.29) is 11.0 Å². The zero-order chi connectivity index (χ0) is 11.7. The van der Waals surface area contributed by atoms with Gasteiger partial charge in [0.25, 0.3) is 0 Å². The van der Waals surface area contributed by atoms with E-state index in [2.05, 4.69) is 4.98 Å². The van der Waals surface area contributed by atoms with E-state index in [0.29, 0.717) is 11.1 Å². The van der Waals surface area contributed by atoms with Crippen LogP contribution in [0, 0.1) is 11.6 Å². The molecule has 0 saturated heterocycles. The van der Waals surface area contributed by atoms with Crippen LogP contribution in [-0.2, 0) is 0 Å². The summed E-state index contributed by atoms with van der Waals surface area (Å²) in [6.45, 7) is 0. The van der Waals surface area contributed by atoms with Gasteiger partial charge >= 0.3 is 0 Å². The Kier molecular flexibility index (Phi) is 2.75. The van der Waals surface area contributed by atoms with Gasteiger partial charge in [0.2, 0.25) is 0 Å². The molecule has 0 aliphatic carbocycles. The standard InChI is InChI=1S/C11H7ClF2N2/c12-10-4-7(5-11(15)16-10)6-1-2-8(13)9(14)3-6/h1-5H,(H2,15,16). The lowest BCUT2D eigenvalue weighted by atomic mass is 10.1. The average molecular weight is 241 g/mol. The van der Waals surface area contributed by atoms with E-state index < -0.39 is 11.6 Å². The lowest BCUT2D eigenvalue weighted by Gasteiger charge is -2.04. The molecule has 0 saturated carbocycles. The SMILES string of the molecule is Nc1cc(-c2ccc(F)c(F)c2)cc(Cl)n1. The maximum Gasteiger partial charge on any atom is 0.159 e. The van der Waals surface area contributed by atoms with E-state index in [1.54, 1.807) is 6.07 Å². The maximum atomic E-state index is 13.0. The second-order valence-electron chi connectivity index (χ2n) is 3.23. The fourth-order valence-electron chi connectivity index (χ4n) is 1.36. The molecule has 1 aromatic carbocycles. The van der Waals surface area contributed by atoms with Crippen molar-refractivity contribution in [3.8, 4) is 11.1 Å². The number of pyridine rings is 1. The molecule has 0 fully saturated rings. The molecule has 0 aliphatic rings. The Balaban J connectivity index is 2.54. The highest BCUT2D eigenvalue weighted by molar-refractivity contribution is 6.29. The molecule has 16 heavy (non-hydrogen) atoms. The first kappa shape index (κ1) is 10.8. The molecule has 0 bridgehead atoms. The summed E-state index contributed by atoms with van der Waals surface area (Å²) in [5.41, 5.74) is 6.59. The summed E-state index contributed by atoms with van der Waals surface area (Å²) < 4.78 is 25.7. The van der Waals surface area contributed by atoms with Gasteiger partial charge in [0.1, 0.15) is 11.0 Å². The smallest absolute Gasteiger partial charge is 0.159 e. The second-order valence-corrected chi connectivity index (χ2v) is 3.62. The number of hydrogen-bond acceptors (Lipinski definition) is 2. The van der Waals surface area contributed by atoms with Gasteiger partial charge in [-0.15, -0.1) is 0 Å². The summed E-state index contributed by atoms with van der Waals surface area (Å²) >= 11 is 5.71. The van der Waals surface area contributed by atoms with Gasteiger partial charge in [0.05, 0.1) is 0 Å². The first-order valence-corrected chi connectivity index (χ1v) is 4.82. The molecule has 5 heteroatoms. The summed E-state index contributed by atoms with van der Waals surface area (Å²) in [5.74, 6) is -1.58. The molecule has 0 amide bonds. The zero-order valence-corrected chi connectivity index (χ0v) is 8.80. The van der Waals surface area contributed by atoms with E-state index in [1.165, 1.54) is 12.1 Å². The van der Waals surface area contributed by atoms with E-state index in [0.717, 1.165) is 12.1 Å². The van der Waals surface area contributed by atoms with Gasteiger partial charge in [-0.1, -0.05) is 17.7 Å². The number of nitrogens with two attached hydrogens (primary N) is 1. The quantitative estimate of drug-likeness (QED) is 0.777. The first-order valence-electron chi connectivity index (χ1n) is 4.45. The number of hydrogen-bond donors (Lipinski definition) is 1. The zero-order valence-electron chi connectivity index (χ0n) is 8.05. The van der Waals surface area contributed by atoms with Crippen LogP contribution < -0.4 is 5.73 Å². The Morgan fingerprint density at radius 1 is 1.00 bits per heavy atom. The predicted octanol–water partition coefficient (Wildman–Crippen LogP) is 3.26. The fourth-order valence-corrected chi connectivity index (χ4v) is 1.57. The maximum absolute atomic E-state index is 13.0. The van der Waals surface area contributed by atoms with Gasteiger partial charge in [0.15, 0.2) is 11.6 Å². The van der Waals surface area contributed by atoms with Crippen molar-refractivity contribution in [1.29, 1.82) is 0 Å². The third-order valence-corrected chi connectivity index (χ3v) is 2.26. The summed E-state index contributed by atoms with van der Waals surface area (Å²) in [6, 6.07) is 6.66. The van der Waals surface area contributed by atoms with Gasteiger partial charge in [-0.3, -0.25) is 0 Å². The largest absolute Gasteiger partial charge is 0.384 e. The first-order chi connectivity index (χ1) is 7.56. The van der Waals surface area contributed by atoms with Crippen LogP contribution in [0.4, 0.5) is 14.6 Å².